The van der Waals surface area contributed by atoms with E-state index in [-0.39, 0.29) is 18.7 Å². The van der Waals surface area contributed by atoms with E-state index in [1.807, 2.05) is 13.8 Å². The van der Waals surface area contributed by atoms with Crippen LogP contribution in [0.4, 0.5) is 0 Å². The second-order valence-electron chi connectivity index (χ2n) is 3.35. The number of rotatable bonds is 7. The van der Waals surface area contributed by atoms with Crippen LogP contribution in [0.3, 0.4) is 0 Å². The Labute approximate surface area is 85.4 Å². The van der Waals surface area contributed by atoms with Crippen LogP contribution in [0.2, 0.25) is 0 Å². The van der Waals surface area contributed by atoms with Crippen molar-refractivity contribution in [2.45, 2.75) is 39.5 Å². The topological polar surface area (TPSA) is 63.4 Å². The molecule has 4 nitrogen and oxygen atoms in total. The van der Waals surface area contributed by atoms with Crippen LogP contribution in [-0.4, -0.2) is 29.8 Å². The Kier molecular flexibility index (Phi) is 6.80. The highest BCUT2D eigenvalue weighted by molar-refractivity contribution is 5.82. The fourth-order valence-corrected chi connectivity index (χ4v) is 1.29. The zero-order valence-electron chi connectivity index (χ0n) is 9.08. The molecule has 0 aliphatic rings. The number of amides is 2. The number of nitrogens with zero attached hydrogens (tertiary/aromatic N) is 1. The summed E-state index contributed by atoms with van der Waals surface area (Å²) in [6, 6.07) is 0. The minimum atomic E-state index is -0.411. The Hall–Kier alpha value is -1.06. The lowest BCUT2D eigenvalue weighted by molar-refractivity contribution is -0.133. The van der Waals surface area contributed by atoms with Crippen molar-refractivity contribution in [3.63, 3.8) is 0 Å². The Morgan fingerprint density at radius 1 is 1.07 bits per heavy atom. The van der Waals surface area contributed by atoms with Gasteiger partial charge >= 0.3 is 0 Å². The Morgan fingerprint density at radius 3 is 1.93 bits per heavy atom. The molecule has 0 saturated carbocycles. The van der Waals surface area contributed by atoms with Crippen LogP contribution < -0.4 is 5.73 Å². The lowest BCUT2D eigenvalue weighted by Crippen LogP contribution is -2.33. The highest BCUT2D eigenvalue weighted by atomic mass is 16.2. The van der Waals surface area contributed by atoms with E-state index in [1.165, 1.54) is 0 Å². The van der Waals surface area contributed by atoms with Crippen molar-refractivity contribution in [3.8, 4) is 0 Å². The molecule has 0 aliphatic carbocycles. The molecule has 14 heavy (non-hydrogen) atoms. The lowest BCUT2D eigenvalue weighted by Gasteiger charge is -2.21. The van der Waals surface area contributed by atoms with Crippen LogP contribution >= 0.6 is 0 Å². The molecule has 4 heteroatoms. The van der Waals surface area contributed by atoms with Crippen LogP contribution in [0.5, 0.6) is 0 Å². The molecule has 2 N–H and O–H groups in total. The predicted molar refractivity (Wildman–Crippen MR) is 55.6 cm³/mol. The summed E-state index contributed by atoms with van der Waals surface area (Å²) in [5, 5.41) is 0. The van der Waals surface area contributed by atoms with Crippen molar-refractivity contribution in [2.24, 2.45) is 5.73 Å². The molecule has 0 aromatic heterocycles. The molecule has 0 rings (SSSR count). The molecule has 0 fully saturated rings. The first-order chi connectivity index (χ1) is 6.61. The summed E-state index contributed by atoms with van der Waals surface area (Å²) in [6.45, 7) is 5.60. The molecule has 0 saturated heterocycles. The first-order valence-corrected chi connectivity index (χ1v) is 5.17. The molecule has 0 heterocycles. The van der Waals surface area contributed by atoms with E-state index in [4.69, 9.17) is 5.73 Å². The monoisotopic (exact) mass is 200 g/mol. The summed E-state index contributed by atoms with van der Waals surface area (Å²) in [7, 11) is 0. The van der Waals surface area contributed by atoms with Crippen molar-refractivity contribution >= 4 is 11.8 Å². The van der Waals surface area contributed by atoms with Gasteiger partial charge < -0.3 is 10.6 Å². The fraction of sp³-hybridized carbons (Fsp3) is 0.800. The maximum Gasteiger partial charge on any atom is 0.223 e. The molecular formula is C10H20N2O2. The smallest absolute Gasteiger partial charge is 0.223 e. The van der Waals surface area contributed by atoms with Gasteiger partial charge in [0.05, 0.1) is 0 Å². The Balaban J connectivity index is 3.94. The standard InChI is InChI=1S/C10H20N2O2/c1-3-7-12(8-4-2)10(14)6-5-9(11)13/h3-8H2,1-2H3,(H2,11,13). The van der Waals surface area contributed by atoms with E-state index in [0.717, 1.165) is 25.9 Å². The molecule has 0 atom stereocenters. The highest BCUT2D eigenvalue weighted by Crippen LogP contribution is 2.00. The van der Waals surface area contributed by atoms with Crippen LogP contribution in [0, 0.1) is 0 Å². The largest absolute Gasteiger partial charge is 0.370 e. The van der Waals surface area contributed by atoms with Crippen LogP contribution in [0.1, 0.15) is 39.5 Å². The fourth-order valence-electron chi connectivity index (χ4n) is 1.29. The number of hydrogen-bond donors (Lipinski definition) is 1. The van der Waals surface area contributed by atoms with Gasteiger partial charge in [0.15, 0.2) is 0 Å². The van der Waals surface area contributed by atoms with Gasteiger partial charge in [-0.25, -0.2) is 0 Å². The molecule has 0 spiro atoms. The van der Waals surface area contributed by atoms with E-state index in [1.54, 1.807) is 4.90 Å². The third-order valence-corrected chi connectivity index (χ3v) is 1.93. The Bertz CT molecular complexity index is 187. The second kappa shape index (κ2) is 7.35. The zero-order valence-corrected chi connectivity index (χ0v) is 9.08. The van der Waals surface area contributed by atoms with E-state index in [2.05, 4.69) is 0 Å². The third kappa shape index (κ3) is 5.56. The summed E-state index contributed by atoms with van der Waals surface area (Å²) in [5.74, 6) is -0.376. The third-order valence-electron chi connectivity index (χ3n) is 1.93. The lowest BCUT2D eigenvalue weighted by atomic mass is 10.2. The summed E-state index contributed by atoms with van der Waals surface area (Å²) < 4.78 is 0. The number of hydrogen-bond acceptors (Lipinski definition) is 2. The maximum absolute atomic E-state index is 11.5. The highest BCUT2D eigenvalue weighted by Gasteiger charge is 2.11. The SMILES string of the molecule is CCCN(CCC)C(=O)CCC(N)=O. The van der Waals surface area contributed by atoms with Gasteiger partial charge in [0, 0.05) is 25.9 Å². The number of carbonyl (C=O) groups is 2. The van der Waals surface area contributed by atoms with Gasteiger partial charge in [0.1, 0.15) is 0 Å². The molecule has 0 radical (unpaired) electrons. The van der Waals surface area contributed by atoms with Gasteiger partial charge in [-0.05, 0) is 12.8 Å². The van der Waals surface area contributed by atoms with E-state index < -0.39 is 5.91 Å². The second-order valence-corrected chi connectivity index (χ2v) is 3.35. The van der Waals surface area contributed by atoms with E-state index >= 15 is 0 Å². The minimum absolute atomic E-state index is 0.0347. The predicted octanol–water partition coefficient (Wildman–Crippen LogP) is 0.901. The molecule has 0 aromatic rings. The van der Waals surface area contributed by atoms with Crippen molar-refractivity contribution in [3.05, 3.63) is 0 Å². The van der Waals surface area contributed by atoms with Crippen molar-refractivity contribution < 1.29 is 9.59 Å². The molecule has 2 amide bonds. The van der Waals surface area contributed by atoms with Crippen LogP contribution in [0.25, 0.3) is 0 Å². The van der Waals surface area contributed by atoms with Gasteiger partial charge in [-0.1, -0.05) is 13.8 Å². The van der Waals surface area contributed by atoms with Gasteiger partial charge in [-0.2, -0.15) is 0 Å². The summed E-state index contributed by atoms with van der Waals surface area (Å²) in [5.41, 5.74) is 4.98. The van der Waals surface area contributed by atoms with Gasteiger partial charge in [-0.15, -0.1) is 0 Å². The maximum atomic E-state index is 11.5. The van der Waals surface area contributed by atoms with Gasteiger partial charge in [-0.3, -0.25) is 9.59 Å². The number of primary amides is 1. The quantitative estimate of drug-likeness (QED) is 0.663. The van der Waals surface area contributed by atoms with Gasteiger partial charge in [0.2, 0.25) is 11.8 Å². The molecular weight excluding hydrogens is 180 g/mol. The number of nitrogens with two attached hydrogens (primary N) is 1. The molecule has 82 valence electrons. The zero-order chi connectivity index (χ0) is 11.0. The molecule has 0 aliphatic heterocycles. The van der Waals surface area contributed by atoms with Crippen molar-refractivity contribution in [1.82, 2.24) is 4.90 Å². The van der Waals surface area contributed by atoms with Crippen molar-refractivity contribution in [2.75, 3.05) is 13.1 Å². The van der Waals surface area contributed by atoms with E-state index in [0.29, 0.717) is 0 Å². The van der Waals surface area contributed by atoms with Gasteiger partial charge in [0.25, 0.3) is 0 Å². The summed E-state index contributed by atoms with van der Waals surface area (Å²) in [4.78, 5) is 23.8. The first-order valence-electron chi connectivity index (χ1n) is 5.17. The average Bonchev–Trinajstić information content (AvgIpc) is 2.14. The summed E-state index contributed by atoms with van der Waals surface area (Å²) in [6.07, 6.45) is 2.29. The average molecular weight is 200 g/mol. The normalized spacial score (nSPS) is 9.86. The molecule has 0 unspecified atom stereocenters. The van der Waals surface area contributed by atoms with Crippen molar-refractivity contribution in [1.29, 1.82) is 0 Å². The van der Waals surface area contributed by atoms with E-state index in [9.17, 15) is 9.59 Å². The van der Waals surface area contributed by atoms with Crippen LogP contribution in [0.15, 0.2) is 0 Å². The first kappa shape index (κ1) is 12.9. The molecule has 0 bridgehead atoms. The Morgan fingerprint density at radius 2 is 1.57 bits per heavy atom. The summed E-state index contributed by atoms with van der Waals surface area (Å²) >= 11 is 0. The number of carbonyl (C=O) groups excluding carboxylic acids is 2. The van der Waals surface area contributed by atoms with Crippen LogP contribution in [-0.2, 0) is 9.59 Å². The molecule has 0 aromatic carbocycles. The minimum Gasteiger partial charge on any atom is -0.370 e.